The SMILES string of the molecule is O=C1CN(c2cc(CO)ncn2)CCN1. The van der Waals surface area contributed by atoms with Gasteiger partial charge in [0.15, 0.2) is 0 Å². The highest BCUT2D eigenvalue weighted by molar-refractivity contribution is 5.82. The van der Waals surface area contributed by atoms with Crippen molar-refractivity contribution < 1.29 is 9.90 Å². The first-order valence-electron chi connectivity index (χ1n) is 4.73. The molecule has 0 bridgehead atoms. The number of aliphatic hydroxyl groups excluding tert-OH is 1. The Morgan fingerprint density at radius 1 is 1.53 bits per heavy atom. The minimum Gasteiger partial charge on any atom is -0.390 e. The second kappa shape index (κ2) is 4.22. The second-order valence-corrected chi connectivity index (χ2v) is 3.30. The summed E-state index contributed by atoms with van der Waals surface area (Å²) in [4.78, 5) is 21.0. The van der Waals surface area contributed by atoms with Gasteiger partial charge in [-0.1, -0.05) is 0 Å². The van der Waals surface area contributed by atoms with Gasteiger partial charge in [-0.2, -0.15) is 0 Å². The van der Waals surface area contributed by atoms with Crippen molar-refractivity contribution in [1.82, 2.24) is 15.3 Å². The molecule has 6 nitrogen and oxygen atoms in total. The summed E-state index contributed by atoms with van der Waals surface area (Å²) in [5.74, 6) is 0.675. The van der Waals surface area contributed by atoms with E-state index in [9.17, 15) is 4.79 Å². The van der Waals surface area contributed by atoms with Crippen LogP contribution in [0.3, 0.4) is 0 Å². The van der Waals surface area contributed by atoms with Gasteiger partial charge in [-0.15, -0.1) is 0 Å². The maximum Gasteiger partial charge on any atom is 0.239 e. The predicted molar refractivity (Wildman–Crippen MR) is 53.2 cm³/mol. The number of aliphatic hydroxyl groups is 1. The lowest BCUT2D eigenvalue weighted by atomic mass is 10.3. The van der Waals surface area contributed by atoms with Gasteiger partial charge < -0.3 is 15.3 Å². The minimum absolute atomic E-state index is 0.00888. The number of hydrogen-bond acceptors (Lipinski definition) is 5. The molecule has 2 N–H and O–H groups in total. The van der Waals surface area contributed by atoms with Crippen molar-refractivity contribution in [3.8, 4) is 0 Å². The number of amides is 1. The molecule has 80 valence electrons. The fourth-order valence-corrected chi connectivity index (χ4v) is 1.48. The van der Waals surface area contributed by atoms with Gasteiger partial charge in [-0.05, 0) is 0 Å². The molecule has 2 rings (SSSR count). The zero-order valence-corrected chi connectivity index (χ0v) is 8.18. The Balaban J connectivity index is 2.17. The summed E-state index contributed by atoms with van der Waals surface area (Å²) in [6, 6.07) is 1.69. The Kier molecular flexibility index (Phi) is 2.77. The normalized spacial score (nSPS) is 16.3. The number of hydrogen-bond donors (Lipinski definition) is 2. The van der Waals surface area contributed by atoms with E-state index >= 15 is 0 Å². The van der Waals surface area contributed by atoms with Crippen LogP contribution < -0.4 is 10.2 Å². The predicted octanol–water partition coefficient (Wildman–Crippen LogP) is -1.09. The summed E-state index contributed by atoms with van der Waals surface area (Å²) in [7, 11) is 0. The Hall–Kier alpha value is -1.69. The van der Waals surface area contributed by atoms with Gasteiger partial charge in [0, 0.05) is 19.2 Å². The molecule has 1 amide bonds. The lowest BCUT2D eigenvalue weighted by Gasteiger charge is -2.27. The number of rotatable bonds is 2. The van der Waals surface area contributed by atoms with Crippen LogP contribution in [0.25, 0.3) is 0 Å². The smallest absolute Gasteiger partial charge is 0.239 e. The third-order valence-corrected chi connectivity index (χ3v) is 2.23. The van der Waals surface area contributed by atoms with Crippen LogP contribution in [0.1, 0.15) is 5.69 Å². The molecule has 0 aromatic carbocycles. The van der Waals surface area contributed by atoms with Gasteiger partial charge in [0.05, 0.1) is 18.8 Å². The summed E-state index contributed by atoms with van der Waals surface area (Å²) >= 11 is 0. The molecule has 1 aromatic heterocycles. The molecule has 15 heavy (non-hydrogen) atoms. The molecule has 1 fully saturated rings. The summed E-state index contributed by atoms with van der Waals surface area (Å²) in [5, 5.41) is 11.7. The topological polar surface area (TPSA) is 78.4 Å². The molecule has 6 heteroatoms. The highest BCUT2D eigenvalue weighted by Gasteiger charge is 2.17. The molecule has 0 atom stereocenters. The molecular weight excluding hydrogens is 196 g/mol. The zero-order valence-electron chi connectivity index (χ0n) is 8.18. The number of anilines is 1. The first-order chi connectivity index (χ1) is 7.29. The maximum absolute atomic E-state index is 11.2. The molecule has 2 heterocycles. The minimum atomic E-state index is -0.116. The van der Waals surface area contributed by atoms with Crippen LogP contribution in [0, 0.1) is 0 Å². The number of nitrogens with zero attached hydrogens (tertiary/aromatic N) is 3. The Morgan fingerprint density at radius 2 is 2.40 bits per heavy atom. The zero-order chi connectivity index (χ0) is 10.7. The highest BCUT2D eigenvalue weighted by Crippen LogP contribution is 2.11. The molecule has 0 saturated carbocycles. The largest absolute Gasteiger partial charge is 0.390 e. The Bertz CT molecular complexity index is 369. The van der Waals surface area contributed by atoms with Crippen LogP contribution in [-0.4, -0.2) is 40.6 Å². The lowest BCUT2D eigenvalue weighted by molar-refractivity contribution is -0.120. The van der Waals surface area contributed by atoms with Crippen molar-refractivity contribution in [3.05, 3.63) is 18.1 Å². The molecule has 0 unspecified atom stereocenters. The van der Waals surface area contributed by atoms with Crippen LogP contribution >= 0.6 is 0 Å². The fourth-order valence-electron chi connectivity index (χ4n) is 1.48. The summed E-state index contributed by atoms with van der Waals surface area (Å²) in [6.45, 7) is 1.54. The molecule has 1 aliphatic heterocycles. The molecular formula is C9H12N4O2. The van der Waals surface area contributed by atoms with E-state index in [1.165, 1.54) is 6.33 Å². The number of nitrogens with one attached hydrogen (secondary N) is 1. The van der Waals surface area contributed by atoms with Gasteiger partial charge in [0.1, 0.15) is 12.1 Å². The van der Waals surface area contributed by atoms with Crippen LogP contribution in [0.4, 0.5) is 5.82 Å². The number of piperazine rings is 1. The fraction of sp³-hybridized carbons (Fsp3) is 0.444. The summed E-state index contributed by atoms with van der Waals surface area (Å²) < 4.78 is 0. The van der Waals surface area contributed by atoms with E-state index in [-0.39, 0.29) is 12.5 Å². The summed E-state index contributed by atoms with van der Waals surface area (Å²) in [5.41, 5.74) is 0.561. The molecule has 1 saturated heterocycles. The van der Waals surface area contributed by atoms with Crippen molar-refractivity contribution >= 4 is 11.7 Å². The first-order valence-corrected chi connectivity index (χ1v) is 4.73. The van der Waals surface area contributed by atoms with Crippen molar-refractivity contribution in [2.75, 3.05) is 24.5 Å². The first kappa shape index (κ1) is 9.85. The Morgan fingerprint density at radius 3 is 3.13 bits per heavy atom. The van der Waals surface area contributed by atoms with Crippen molar-refractivity contribution in [1.29, 1.82) is 0 Å². The quantitative estimate of drug-likeness (QED) is 0.645. The van der Waals surface area contributed by atoms with Gasteiger partial charge in [-0.25, -0.2) is 9.97 Å². The summed E-state index contributed by atoms with van der Waals surface area (Å²) in [6.07, 6.45) is 1.40. The van der Waals surface area contributed by atoms with Crippen LogP contribution in [0.5, 0.6) is 0 Å². The van der Waals surface area contributed by atoms with Crippen molar-refractivity contribution in [3.63, 3.8) is 0 Å². The third kappa shape index (κ3) is 2.21. The lowest BCUT2D eigenvalue weighted by Crippen LogP contribution is -2.48. The second-order valence-electron chi connectivity index (χ2n) is 3.30. The van der Waals surface area contributed by atoms with E-state index < -0.39 is 0 Å². The average Bonchev–Trinajstić information content (AvgIpc) is 2.29. The van der Waals surface area contributed by atoms with E-state index in [1.807, 2.05) is 4.90 Å². The highest BCUT2D eigenvalue weighted by atomic mass is 16.3. The maximum atomic E-state index is 11.2. The Labute approximate surface area is 87.0 Å². The molecule has 1 aromatic rings. The number of carbonyl (C=O) groups excluding carboxylic acids is 1. The third-order valence-electron chi connectivity index (χ3n) is 2.23. The van der Waals surface area contributed by atoms with Crippen LogP contribution in [-0.2, 0) is 11.4 Å². The van der Waals surface area contributed by atoms with E-state index in [0.29, 0.717) is 24.6 Å². The van der Waals surface area contributed by atoms with Crippen LogP contribution in [0.15, 0.2) is 12.4 Å². The van der Waals surface area contributed by atoms with Gasteiger partial charge in [0.2, 0.25) is 5.91 Å². The van der Waals surface area contributed by atoms with E-state index in [4.69, 9.17) is 5.11 Å². The molecule has 0 aliphatic carbocycles. The average molecular weight is 208 g/mol. The number of carbonyl (C=O) groups is 1. The van der Waals surface area contributed by atoms with Crippen LogP contribution in [0.2, 0.25) is 0 Å². The van der Waals surface area contributed by atoms with Crippen molar-refractivity contribution in [2.45, 2.75) is 6.61 Å². The monoisotopic (exact) mass is 208 g/mol. The molecule has 0 radical (unpaired) electrons. The molecule has 1 aliphatic rings. The van der Waals surface area contributed by atoms with E-state index in [0.717, 1.165) is 6.54 Å². The van der Waals surface area contributed by atoms with E-state index in [1.54, 1.807) is 6.07 Å². The van der Waals surface area contributed by atoms with Gasteiger partial charge in [-0.3, -0.25) is 4.79 Å². The number of aromatic nitrogens is 2. The standard InChI is InChI=1S/C9H12N4O2/c14-5-7-3-8(12-6-11-7)13-2-1-10-9(15)4-13/h3,6,14H,1-2,4-5H2,(H,10,15). The molecule has 0 spiro atoms. The van der Waals surface area contributed by atoms with E-state index in [2.05, 4.69) is 15.3 Å². The van der Waals surface area contributed by atoms with Gasteiger partial charge in [0.25, 0.3) is 0 Å². The van der Waals surface area contributed by atoms with Gasteiger partial charge >= 0.3 is 0 Å². The van der Waals surface area contributed by atoms with Crippen molar-refractivity contribution in [2.24, 2.45) is 0 Å².